The molecule has 0 unspecified atom stereocenters. The van der Waals surface area contributed by atoms with Crippen LogP contribution in [0.15, 0.2) is 42.5 Å². The lowest BCUT2D eigenvalue weighted by molar-refractivity contribution is 0.169. The molecule has 2 aromatic carbocycles. The molecule has 3 rings (SSSR count). The monoisotopic (exact) mass is 273 g/mol. The van der Waals surface area contributed by atoms with E-state index in [2.05, 4.69) is 5.32 Å². The molecule has 0 radical (unpaired) electrons. The van der Waals surface area contributed by atoms with Crippen molar-refractivity contribution in [3.05, 3.63) is 59.4 Å². The highest BCUT2D eigenvalue weighted by Crippen LogP contribution is 2.33. The van der Waals surface area contributed by atoms with Crippen LogP contribution in [-0.4, -0.2) is 13.2 Å². The molecule has 0 aliphatic carbocycles. The molecule has 0 fully saturated rings. The van der Waals surface area contributed by atoms with Crippen molar-refractivity contribution in [1.82, 2.24) is 5.32 Å². The molecule has 1 N–H and O–H groups in total. The zero-order valence-electron chi connectivity index (χ0n) is 11.1. The topological polar surface area (TPSA) is 30.5 Å². The van der Waals surface area contributed by atoms with Crippen LogP contribution >= 0.6 is 0 Å². The molecule has 0 saturated carbocycles. The van der Waals surface area contributed by atoms with Gasteiger partial charge in [0.1, 0.15) is 19.0 Å². The van der Waals surface area contributed by atoms with Gasteiger partial charge in [0.25, 0.3) is 0 Å². The molecular formula is C16H16FNO2. The number of rotatable bonds is 4. The Bertz CT molecular complexity index is 601. The minimum atomic E-state index is -0.210. The van der Waals surface area contributed by atoms with Crippen molar-refractivity contribution in [3.8, 4) is 11.5 Å². The van der Waals surface area contributed by atoms with Gasteiger partial charge in [-0.05, 0) is 23.8 Å². The predicted molar refractivity (Wildman–Crippen MR) is 74.4 cm³/mol. The molecule has 0 aromatic heterocycles. The molecule has 0 bridgehead atoms. The maximum atomic E-state index is 13.1. The lowest BCUT2D eigenvalue weighted by Crippen LogP contribution is -2.19. The van der Waals surface area contributed by atoms with Crippen LogP contribution in [0.2, 0.25) is 0 Å². The summed E-state index contributed by atoms with van der Waals surface area (Å²) in [5.74, 6) is 1.39. The van der Waals surface area contributed by atoms with Gasteiger partial charge < -0.3 is 14.8 Å². The molecule has 3 nitrogen and oxygen atoms in total. The molecule has 0 amide bonds. The number of nitrogens with one attached hydrogen (secondary N) is 1. The van der Waals surface area contributed by atoms with Crippen molar-refractivity contribution in [2.75, 3.05) is 13.2 Å². The normalized spacial score (nSPS) is 13.2. The average molecular weight is 273 g/mol. The lowest BCUT2D eigenvalue weighted by Gasteiger charge is -2.21. The molecule has 0 saturated heterocycles. The van der Waals surface area contributed by atoms with E-state index >= 15 is 0 Å². The fraction of sp³-hybridized carbons (Fsp3) is 0.250. The summed E-state index contributed by atoms with van der Waals surface area (Å²) in [6, 6.07) is 12.5. The van der Waals surface area contributed by atoms with Crippen molar-refractivity contribution in [2.24, 2.45) is 0 Å². The fourth-order valence-corrected chi connectivity index (χ4v) is 2.26. The first-order valence-electron chi connectivity index (χ1n) is 6.65. The Morgan fingerprint density at radius 2 is 1.85 bits per heavy atom. The maximum absolute atomic E-state index is 13.1. The number of hydrogen-bond acceptors (Lipinski definition) is 3. The summed E-state index contributed by atoms with van der Waals surface area (Å²) < 4.78 is 24.3. The van der Waals surface area contributed by atoms with Gasteiger partial charge in [-0.1, -0.05) is 24.3 Å². The second-order valence-corrected chi connectivity index (χ2v) is 4.67. The second kappa shape index (κ2) is 5.92. The van der Waals surface area contributed by atoms with Crippen molar-refractivity contribution in [2.45, 2.75) is 13.1 Å². The molecular weight excluding hydrogens is 257 g/mol. The molecule has 20 heavy (non-hydrogen) atoms. The van der Waals surface area contributed by atoms with E-state index in [1.165, 1.54) is 12.1 Å². The first-order chi connectivity index (χ1) is 9.83. The quantitative estimate of drug-likeness (QED) is 0.929. The van der Waals surface area contributed by atoms with Crippen molar-refractivity contribution >= 4 is 0 Å². The second-order valence-electron chi connectivity index (χ2n) is 4.67. The Morgan fingerprint density at radius 1 is 1.00 bits per heavy atom. The van der Waals surface area contributed by atoms with Gasteiger partial charge in [0, 0.05) is 18.7 Å². The van der Waals surface area contributed by atoms with Gasteiger partial charge in [-0.2, -0.15) is 0 Å². The molecule has 104 valence electrons. The molecule has 4 heteroatoms. The number of fused-ring (bicyclic) bond motifs is 1. The number of hydrogen-bond donors (Lipinski definition) is 1. The van der Waals surface area contributed by atoms with Gasteiger partial charge in [0.15, 0.2) is 11.5 Å². The summed E-state index contributed by atoms with van der Waals surface area (Å²) >= 11 is 0. The molecule has 2 aromatic rings. The van der Waals surface area contributed by atoms with Gasteiger partial charge in [0.05, 0.1) is 0 Å². The third kappa shape index (κ3) is 2.91. The number of para-hydroxylation sites is 1. The van der Waals surface area contributed by atoms with Crippen molar-refractivity contribution < 1.29 is 13.9 Å². The predicted octanol–water partition coefficient (Wildman–Crippen LogP) is 2.89. The zero-order chi connectivity index (χ0) is 13.8. The molecule has 0 atom stereocenters. The zero-order valence-corrected chi connectivity index (χ0v) is 11.1. The minimum absolute atomic E-state index is 0.210. The highest BCUT2D eigenvalue weighted by molar-refractivity contribution is 5.47. The first-order valence-corrected chi connectivity index (χ1v) is 6.65. The summed E-state index contributed by atoms with van der Waals surface area (Å²) in [5, 5.41) is 3.29. The Labute approximate surface area is 117 Å². The fourth-order valence-electron chi connectivity index (χ4n) is 2.26. The number of ether oxygens (including phenoxy) is 2. The van der Waals surface area contributed by atoms with E-state index in [-0.39, 0.29) is 5.82 Å². The largest absolute Gasteiger partial charge is 0.486 e. The maximum Gasteiger partial charge on any atom is 0.165 e. The van der Waals surface area contributed by atoms with E-state index in [0.717, 1.165) is 22.6 Å². The third-order valence-electron chi connectivity index (χ3n) is 3.18. The van der Waals surface area contributed by atoms with Crippen LogP contribution in [0.25, 0.3) is 0 Å². The van der Waals surface area contributed by atoms with Gasteiger partial charge >= 0.3 is 0 Å². The summed E-state index contributed by atoms with van der Waals surface area (Å²) in [7, 11) is 0. The summed E-state index contributed by atoms with van der Waals surface area (Å²) in [6.45, 7) is 2.44. The molecule has 0 spiro atoms. The van der Waals surface area contributed by atoms with Crippen molar-refractivity contribution in [1.29, 1.82) is 0 Å². The lowest BCUT2D eigenvalue weighted by atomic mass is 10.1. The third-order valence-corrected chi connectivity index (χ3v) is 3.18. The van der Waals surface area contributed by atoms with Crippen LogP contribution in [0, 0.1) is 5.82 Å². The van der Waals surface area contributed by atoms with Crippen LogP contribution in [0.1, 0.15) is 11.1 Å². The highest BCUT2D eigenvalue weighted by atomic mass is 19.1. The Morgan fingerprint density at radius 3 is 2.75 bits per heavy atom. The summed E-state index contributed by atoms with van der Waals surface area (Å²) in [5.41, 5.74) is 1.98. The highest BCUT2D eigenvalue weighted by Gasteiger charge is 2.14. The Balaban J connectivity index is 1.64. The van der Waals surface area contributed by atoms with E-state index < -0.39 is 0 Å². The van der Waals surface area contributed by atoms with Crippen LogP contribution in [0.4, 0.5) is 4.39 Å². The van der Waals surface area contributed by atoms with E-state index in [1.54, 1.807) is 6.07 Å². The molecule has 1 heterocycles. The van der Waals surface area contributed by atoms with E-state index in [9.17, 15) is 4.39 Å². The van der Waals surface area contributed by atoms with Gasteiger partial charge in [-0.3, -0.25) is 0 Å². The molecule has 1 aliphatic heterocycles. The number of benzene rings is 2. The summed E-state index contributed by atoms with van der Waals surface area (Å²) in [6.07, 6.45) is 0. The van der Waals surface area contributed by atoms with Crippen LogP contribution in [0.3, 0.4) is 0 Å². The smallest absolute Gasteiger partial charge is 0.165 e. The van der Waals surface area contributed by atoms with Crippen LogP contribution in [0.5, 0.6) is 11.5 Å². The Hall–Kier alpha value is -2.07. The van der Waals surface area contributed by atoms with Gasteiger partial charge in [0.2, 0.25) is 0 Å². The summed E-state index contributed by atoms with van der Waals surface area (Å²) in [4.78, 5) is 0. The van der Waals surface area contributed by atoms with Crippen LogP contribution in [-0.2, 0) is 13.1 Å². The average Bonchev–Trinajstić information content (AvgIpc) is 2.48. The number of halogens is 1. The first kappa shape index (κ1) is 12.9. The van der Waals surface area contributed by atoms with Gasteiger partial charge in [-0.25, -0.2) is 4.39 Å². The van der Waals surface area contributed by atoms with E-state index in [1.807, 2.05) is 24.3 Å². The van der Waals surface area contributed by atoms with Crippen LogP contribution < -0.4 is 14.8 Å². The van der Waals surface area contributed by atoms with E-state index in [4.69, 9.17) is 9.47 Å². The standard InChI is InChI=1S/C16H16FNO2/c17-14-5-1-3-12(9-14)10-18-11-13-4-2-6-15-16(13)20-8-7-19-15/h1-6,9,18H,7-8,10-11H2. The van der Waals surface area contributed by atoms with E-state index in [0.29, 0.717) is 26.3 Å². The van der Waals surface area contributed by atoms with Crippen molar-refractivity contribution in [3.63, 3.8) is 0 Å². The minimum Gasteiger partial charge on any atom is -0.486 e. The van der Waals surface area contributed by atoms with Gasteiger partial charge in [-0.15, -0.1) is 0 Å². The Kier molecular flexibility index (Phi) is 3.83. The molecule has 1 aliphatic rings. The SMILES string of the molecule is Fc1cccc(CNCc2cccc3c2OCCO3)c1.